The molecule has 0 saturated carbocycles. The summed E-state index contributed by atoms with van der Waals surface area (Å²) in [5.41, 5.74) is 4.07. The second-order valence-electron chi connectivity index (χ2n) is 10.3. The number of morpholine rings is 1. The van der Waals surface area contributed by atoms with Gasteiger partial charge in [0.05, 0.1) is 19.8 Å². The number of ether oxygens (including phenoxy) is 1. The van der Waals surface area contributed by atoms with E-state index in [1.165, 1.54) is 34.6 Å². The molecule has 1 saturated heterocycles. The number of nitrogens with zero attached hydrogens (tertiary/aromatic N) is 3. The smallest absolute Gasteiger partial charge is 0.270 e. The number of nitrogens with one attached hydrogen (secondary N) is 1. The van der Waals surface area contributed by atoms with Crippen molar-refractivity contribution in [1.82, 2.24) is 20.1 Å². The van der Waals surface area contributed by atoms with E-state index < -0.39 is 0 Å². The highest BCUT2D eigenvalue weighted by Gasteiger charge is 2.19. The third-order valence-corrected chi connectivity index (χ3v) is 8.25. The van der Waals surface area contributed by atoms with E-state index in [1.807, 2.05) is 29.6 Å². The summed E-state index contributed by atoms with van der Waals surface area (Å²) < 4.78 is 19.0. The molecule has 0 unspecified atom stereocenters. The van der Waals surface area contributed by atoms with E-state index in [0.717, 1.165) is 56.4 Å². The number of halogens is 1. The molecule has 1 N–H and O–H groups in total. The van der Waals surface area contributed by atoms with Crippen LogP contribution in [0.2, 0.25) is 0 Å². The van der Waals surface area contributed by atoms with Gasteiger partial charge in [-0.2, -0.15) is 0 Å². The average molecular weight is 573 g/mol. The molecule has 0 bridgehead atoms. The maximum absolute atomic E-state index is 13.6. The van der Waals surface area contributed by atoms with Crippen molar-refractivity contribution in [2.45, 2.75) is 25.4 Å². The Morgan fingerprint density at radius 1 is 0.951 bits per heavy atom. The first kappa shape index (κ1) is 29.1. The van der Waals surface area contributed by atoms with Crippen molar-refractivity contribution in [2.24, 2.45) is 0 Å². The second kappa shape index (κ2) is 15.0. The van der Waals surface area contributed by atoms with Crippen molar-refractivity contribution < 1.29 is 13.9 Å². The normalized spacial score (nSPS) is 14.0. The molecule has 1 aromatic heterocycles. The highest BCUT2D eigenvalue weighted by Crippen LogP contribution is 2.29. The summed E-state index contributed by atoms with van der Waals surface area (Å²) in [5.74, 6) is -0.131. The van der Waals surface area contributed by atoms with Crippen LogP contribution in [0, 0.1) is 5.82 Å². The summed E-state index contributed by atoms with van der Waals surface area (Å²) in [7, 11) is 0. The van der Waals surface area contributed by atoms with Crippen LogP contribution in [0.4, 0.5) is 4.39 Å². The summed E-state index contributed by atoms with van der Waals surface area (Å²) in [4.78, 5) is 22.1. The van der Waals surface area contributed by atoms with Gasteiger partial charge < -0.3 is 10.1 Å². The highest BCUT2D eigenvalue weighted by molar-refractivity contribution is 7.09. The summed E-state index contributed by atoms with van der Waals surface area (Å²) in [6, 6.07) is 27.9. The van der Waals surface area contributed by atoms with Gasteiger partial charge in [0.1, 0.15) is 16.5 Å². The van der Waals surface area contributed by atoms with Gasteiger partial charge in [-0.05, 0) is 41.8 Å². The van der Waals surface area contributed by atoms with Crippen molar-refractivity contribution in [2.75, 3.05) is 45.9 Å². The van der Waals surface area contributed by atoms with Crippen LogP contribution in [0.5, 0.6) is 0 Å². The summed E-state index contributed by atoms with van der Waals surface area (Å²) >= 11 is 1.51. The minimum Gasteiger partial charge on any atom is -0.379 e. The predicted molar refractivity (Wildman–Crippen MR) is 162 cm³/mol. The molecule has 1 amide bonds. The molecular weight excluding hydrogens is 535 g/mol. The lowest BCUT2D eigenvalue weighted by Crippen LogP contribution is -2.41. The topological polar surface area (TPSA) is 57.7 Å². The van der Waals surface area contributed by atoms with Crippen LogP contribution >= 0.6 is 11.3 Å². The molecule has 5 rings (SSSR count). The number of benzene rings is 3. The van der Waals surface area contributed by atoms with Gasteiger partial charge in [0.15, 0.2) is 0 Å². The number of carbonyl (C=O) groups excluding carboxylic acids is 1. The minimum atomic E-state index is -0.238. The molecule has 1 aliphatic heterocycles. The number of carbonyl (C=O) groups is 1. The Kier molecular flexibility index (Phi) is 10.6. The Hall–Kier alpha value is -3.43. The second-order valence-corrected chi connectivity index (χ2v) is 11.3. The van der Waals surface area contributed by atoms with Crippen molar-refractivity contribution in [3.8, 4) is 0 Å². The van der Waals surface area contributed by atoms with Gasteiger partial charge in [0.2, 0.25) is 0 Å². The van der Waals surface area contributed by atoms with Crippen molar-refractivity contribution in [1.29, 1.82) is 0 Å². The predicted octanol–water partition coefficient (Wildman–Crippen LogP) is 5.57. The van der Waals surface area contributed by atoms with Gasteiger partial charge in [-0.25, -0.2) is 9.37 Å². The first-order valence-corrected chi connectivity index (χ1v) is 15.1. The fraction of sp³-hybridized carbons (Fsp3) is 0.333. The third kappa shape index (κ3) is 8.78. The molecule has 2 heterocycles. The first-order valence-electron chi connectivity index (χ1n) is 14.2. The van der Waals surface area contributed by atoms with Gasteiger partial charge in [-0.3, -0.25) is 14.6 Å². The fourth-order valence-corrected chi connectivity index (χ4v) is 6.01. The fourth-order valence-electron chi connectivity index (χ4n) is 5.19. The standard InChI is InChI=1S/C33H37FN4O2S/c34-29-13-11-26(12-14-29)23-38(17-15-30(27-7-3-1-4-8-27)28-9-5-2-6-10-28)24-32-36-31(25-41-32)33(39)35-16-18-37-19-21-40-22-20-37/h1-14,25,30H,15-24H2,(H,35,39). The Bertz CT molecular complexity index is 1310. The molecule has 0 atom stereocenters. The Labute approximate surface area is 245 Å². The van der Waals surface area contributed by atoms with E-state index >= 15 is 0 Å². The molecule has 0 radical (unpaired) electrons. The zero-order valence-electron chi connectivity index (χ0n) is 23.3. The quantitative estimate of drug-likeness (QED) is 0.227. The number of aromatic nitrogens is 1. The lowest BCUT2D eigenvalue weighted by atomic mass is 9.88. The summed E-state index contributed by atoms with van der Waals surface area (Å²) in [6.45, 7) is 6.77. The Morgan fingerprint density at radius 3 is 2.27 bits per heavy atom. The molecule has 1 fully saturated rings. The van der Waals surface area contributed by atoms with Gasteiger partial charge in [-0.1, -0.05) is 72.8 Å². The molecule has 3 aromatic carbocycles. The Balaban J connectivity index is 1.25. The van der Waals surface area contributed by atoms with E-state index in [1.54, 1.807) is 0 Å². The number of hydrogen-bond donors (Lipinski definition) is 1. The van der Waals surface area contributed by atoms with Crippen LogP contribution in [0.25, 0.3) is 0 Å². The molecule has 0 spiro atoms. The molecule has 8 heteroatoms. The van der Waals surface area contributed by atoms with Crippen LogP contribution in [0.15, 0.2) is 90.3 Å². The Morgan fingerprint density at radius 2 is 1.61 bits per heavy atom. The maximum atomic E-state index is 13.6. The monoisotopic (exact) mass is 572 g/mol. The molecular formula is C33H37FN4O2S. The van der Waals surface area contributed by atoms with Crippen molar-refractivity contribution >= 4 is 17.2 Å². The zero-order valence-corrected chi connectivity index (χ0v) is 24.1. The number of thiazole rings is 1. The van der Waals surface area contributed by atoms with Crippen molar-refractivity contribution in [3.05, 3.63) is 124 Å². The third-order valence-electron chi connectivity index (χ3n) is 7.42. The van der Waals surface area contributed by atoms with Gasteiger partial charge in [0, 0.05) is 44.0 Å². The zero-order chi connectivity index (χ0) is 28.3. The molecule has 0 aliphatic carbocycles. The van der Waals surface area contributed by atoms with E-state index in [2.05, 4.69) is 68.6 Å². The first-order chi connectivity index (χ1) is 20.1. The molecule has 1 aliphatic rings. The molecule has 41 heavy (non-hydrogen) atoms. The van der Waals surface area contributed by atoms with Crippen LogP contribution in [-0.2, 0) is 17.8 Å². The molecule has 4 aromatic rings. The van der Waals surface area contributed by atoms with Crippen LogP contribution in [0.1, 0.15) is 44.5 Å². The summed E-state index contributed by atoms with van der Waals surface area (Å²) in [6.07, 6.45) is 0.912. The summed E-state index contributed by atoms with van der Waals surface area (Å²) in [5, 5.41) is 5.74. The van der Waals surface area contributed by atoms with Gasteiger partial charge in [0.25, 0.3) is 5.91 Å². The largest absolute Gasteiger partial charge is 0.379 e. The lowest BCUT2D eigenvalue weighted by Gasteiger charge is -2.26. The van der Waals surface area contributed by atoms with Crippen LogP contribution in [0.3, 0.4) is 0 Å². The van der Waals surface area contributed by atoms with E-state index in [4.69, 9.17) is 4.74 Å². The number of hydrogen-bond acceptors (Lipinski definition) is 6. The SMILES string of the molecule is O=C(NCCN1CCOCC1)c1csc(CN(CCC(c2ccccc2)c2ccccc2)Cc2ccc(F)cc2)n1. The lowest BCUT2D eigenvalue weighted by molar-refractivity contribution is 0.0383. The highest BCUT2D eigenvalue weighted by atomic mass is 32.1. The van der Waals surface area contributed by atoms with Crippen LogP contribution in [-0.4, -0.2) is 66.6 Å². The van der Waals surface area contributed by atoms with E-state index in [9.17, 15) is 9.18 Å². The number of rotatable bonds is 13. The van der Waals surface area contributed by atoms with Gasteiger partial charge in [-0.15, -0.1) is 11.3 Å². The average Bonchev–Trinajstić information content (AvgIpc) is 3.48. The number of amides is 1. The molecule has 214 valence electrons. The van der Waals surface area contributed by atoms with Gasteiger partial charge >= 0.3 is 0 Å². The van der Waals surface area contributed by atoms with Crippen LogP contribution < -0.4 is 5.32 Å². The van der Waals surface area contributed by atoms with E-state index in [0.29, 0.717) is 25.3 Å². The van der Waals surface area contributed by atoms with Crippen molar-refractivity contribution in [3.63, 3.8) is 0 Å². The maximum Gasteiger partial charge on any atom is 0.270 e. The minimum absolute atomic E-state index is 0.140. The molecule has 6 nitrogen and oxygen atoms in total. The van der Waals surface area contributed by atoms with E-state index in [-0.39, 0.29) is 17.6 Å².